The van der Waals surface area contributed by atoms with Gasteiger partial charge in [-0.25, -0.2) is 0 Å². The third-order valence-electron chi connectivity index (χ3n) is 3.93. The molecule has 0 radical (unpaired) electrons. The molecule has 126 valence electrons. The first kappa shape index (κ1) is 17.5. The first-order valence-electron chi connectivity index (χ1n) is 7.25. The first-order chi connectivity index (χ1) is 10.6. The smallest absolute Gasteiger partial charge is 0.254 e. The molecule has 2 aliphatic rings. The summed E-state index contributed by atoms with van der Waals surface area (Å²) in [6.07, 6.45) is 0. The van der Waals surface area contributed by atoms with Crippen molar-refractivity contribution in [3.8, 4) is 5.75 Å². The lowest BCUT2D eigenvalue weighted by Gasteiger charge is -2.27. The number of nitrogens with two attached hydrogens (primary N) is 1. The first-order valence-corrected chi connectivity index (χ1v) is 7.25. The van der Waals surface area contributed by atoms with Crippen LogP contribution < -0.4 is 15.4 Å². The van der Waals surface area contributed by atoms with E-state index in [9.17, 15) is 9.59 Å². The number of anilines is 1. The monoisotopic (exact) mass is 341 g/mol. The minimum Gasteiger partial charge on any atom is -0.489 e. The highest BCUT2D eigenvalue weighted by atomic mass is 35.5. The molecule has 1 atom stereocenters. The van der Waals surface area contributed by atoms with E-state index in [0.29, 0.717) is 43.3 Å². The number of carbonyl (C=O) groups excluding carboxylic acids is 2. The molecule has 0 spiro atoms. The van der Waals surface area contributed by atoms with Crippen LogP contribution in [-0.2, 0) is 9.53 Å². The number of nitrogens with zero attached hydrogens (tertiary/aromatic N) is 2. The molecular weight excluding hydrogens is 322 g/mol. The zero-order valence-electron chi connectivity index (χ0n) is 12.9. The maximum atomic E-state index is 12.5. The molecule has 1 saturated heterocycles. The minimum absolute atomic E-state index is 0. The van der Waals surface area contributed by atoms with Crippen molar-refractivity contribution in [1.29, 1.82) is 0 Å². The lowest BCUT2D eigenvalue weighted by molar-refractivity contribution is -0.119. The van der Waals surface area contributed by atoms with Gasteiger partial charge in [0, 0.05) is 25.7 Å². The van der Waals surface area contributed by atoms with Gasteiger partial charge in [-0.3, -0.25) is 9.59 Å². The maximum absolute atomic E-state index is 12.5. The van der Waals surface area contributed by atoms with E-state index >= 15 is 0 Å². The summed E-state index contributed by atoms with van der Waals surface area (Å²) in [5, 5.41) is 0. The van der Waals surface area contributed by atoms with Crippen molar-refractivity contribution in [2.45, 2.75) is 6.04 Å². The van der Waals surface area contributed by atoms with Crippen molar-refractivity contribution in [2.24, 2.45) is 5.73 Å². The topological polar surface area (TPSA) is 85.1 Å². The average Bonchev–Trinajstić information content (AvgIpc) is 2.67. The van der Waals surface area contributed by atoms with Gasteiger partial charge >= 0.3 is 0 Å². The van der Waals surface area contributed by atoms with Gasteiger partial charge in [0.2, 0.25) is 5.91 Å². The molecule has 0 aromatic heterocycles. The predicted molar refractivity (Wildman–Crippen MR) is 87.3 cm³/mol. The van der Waals surface area contributed by atoms with Crippen molar-refractivity contribution in [2.75, 3.05) is 44.9 Å². The highest BCUT2D eigenvalue weighted by Crippen LogP contribution is 2.31. The molecule has 1 aromatic carbocycles. The molecule has 1 aromatic rings. The van der Waals surface area contributed by atoms with Gasteiger partial charge in [0.1, 0.15) is 18.4 Å². The van der Waals surface area contributed by atoms with Gasteiger partial charge in [-0.1, -0.05) is 0 Å². The molecule has 3 rings (SSSR count). The number of halogens is 1. The van der Waals surface area contributed by atoms with Gasteiger partial charge in [0.25, 0.3) is 5.91 Å². The highest BCUT2D eigenvalue weighted by Gasteiger charge is 2.28. The van der Waals surface area contributed by atoms with Crippen molar-refractivity contribution >= 4 is 29.9 Å². The van der Waals surface area contributed by atoms with Crippen LogP contribution in [0.5, 0.6) is 5.75 Å². The number of amides is 2. The second-order valence-electron chi connectivity index (χ2n) is 5.40. The van der Waals surface area contributed by atoms with Crippen molar-refractivity contribution < 1.29 is 19.1 Å². The second kappa shape index (κ2) is 7.16. The highest BCUT2D eigenvalue weighted by molar-refractivity contribution is 6.01. The molecule has 0 aliphatic carbocycles. The summed E-state index contributed by atoms with van der Waals surface area (Å²) in [6.45, 7) is 2.38. The van der Waals surface area contributed by atoms with E-state index in [1.165, 1.54) is 4.90 Å². The number of benzene rings is 1. The van der Waals surface area contributed by atoms with Gasteiger partial charge in [0.05, 0.1) is 18.9 Å². The van der Waals surface area contributed by atoms with E-state index in [0.717, 1.165) is 0 Å². The normalized spacial score (nSPS) is 21.0. The number of fused-ring (bicyclic) bond motifs is 1. The summed E-state index contributed by atoms with van der Waals surface area (Å²) >= 11 is 0. The van der Waals surface area contributed by atoms with E-state index in [4.69, 9.17) is 15.2 Å². The van der Waals surface area contributed by atoms with Crippen LogP contribution in [0, 0.1) is 0 Å². The van der Waals surface area contributed by atoms with Gasteiger partial charge in [0.15, 0.2) is 0 Å². The quantitative estimate of drug-likeness (QED) is 0.792. The largest absolute Gasteiger partial charge is 0.489 e. The Bertz CT molecular complexity index is 604. The van der Waals surface area contributed by atoms with Crippen LogP contribution in [0.3, 0.4) is 0 Å². The molecule has 0 unspecified atom stereocenters. The molecule has 1 fully saturated rings. The fourth-order valence-corrected chi connectivity index (χ4v) is 2.60. The number of ether oxygens (including phenoxy) is 2. The van der Waals surface area contributed by atoms with Crippen molar-refractivity contribution in [3.63, 3.8) is 0 Å². The summed E-state index contributed by atoms with van der Waals surface area (Å²) < 4.78 is 10.8. The number of morpholine rings is 1. The zero-order valence-corrected chi connectivity index (χ0v) is 13.7. The second-order valence-corrected chi connectivity index (χ2v) is 5.40. The molecular formula is C15H20ClN3O4. The van der Waals surface area contributed by atoms with Crippen LogP contribution in [0.4, 0.5) is 5.69 Å². The molecule has 8 heteroatoms. The van der Waals surface area contributed by atoms with Crippen LogP contribution in [0.15, 0.2) is 18.2 Å². The number of likely N-dealkylation sites (N-methyl/N-ethyl adjacent to an activating group) is 1. The summed E-state index contributed by atoms with van der Waals surface area (Å²) in [5.41, 5.74) is 6.85. The summed E-state index contributed by atoms with van der Waals surface area (Å²) in [4.78, 5) is 27.8. The molecule has 2 aliphatic heterocycles. The van der Waals surface area contributed by atoms with Crippen LogP contribution in [0.1, 0.15) is 10.4 Å². The SMILES string of the molecule is CN1C(=O)[C@@H](N)COc2ccc(C(=O)N3CCOCC3)cc21.Cl. The van der Waals surface area contributed by atoms with Crippen molar-refractivity contribution in [3.05, 3.63) is 23.8 Å². The van der Waals surface area contributed by atoms with Crippen LogP contribution in [-0.4, -0.2) is 62.7 Å². The third kappa shape index (κ3) is 3.41. The van der Waals surface area contributed by atoms with E-state index in [1.54, 1.807) is 30.1 Å². The molecule has 2 heterocycles. The molecule has 23 heavy (non-hydrogen) atoms. The Kier molecular flexibility index (Phi) is 5.46. The fourth-order valence-electron chi connectivity index (χ4n) is 2.60. The number of hydrogen-bond donors (Lipinski definition) is 1. The standard InChI is InChI=1S/C15H19N3O4.ClH/c1-17-12-8-10(14(19)18-4-6-21-7-5-18)2-3-13(12)22-9-11(16)15(17)20;/h2-3,8,11H,4-7,9,16H2,1H3;1H/t11-;/m0./s1. The molecule has 2 N–H and O–H groups in total. The lowest BCUT2D eigenvalue weighted by atomic mass is 10.1. The van der Waals surface area contributed by atoms with Crippen molar-refractivity contribution in [1.82, 2.24) is 4.90 Å². The Morgan fingerprint density at radius 2 is 2.00 bits per heavy atom. The molecule has 2 amide bonds. The Labute approximate surface area is 140 Å². The van der Waals surface area contributed by atoms with Crippen LogP contribution in [0.25, 0.3) is 0 Å². The zero-order chi connectivity index (χ0) is 15.7. The maximum Gasteiger partial charge on any atom is 0.254 e. The Morgan fingerprint density at radius 3 is 2.70 bits per heavy atom. The summed E-state index contributed by atoms with van der Waals surface area (Å²) in [6, 6.07) is 4.41. The van der Waals surface area contributed by atoms with Gasteiger partial charge in [-0.2, -0.15) is 0 Å². The number of carbonyl (C=O) groups is 2. The average molecular weight is 342 g/mol. The predicted octanol–water partition coefficient (Wildman–Crippen LogP) is 0.263. The summed E-state index contributed by atoms with van der Waals surface area (Å²) in [7, 11) is 1.64. The lowest BCUT2D eigenvalue weighted by Crippen LogP contribution is -2.43. The van der Waals surface area contributed by atoms with Gasteiger partial charge < -0.3 is 25.0 Å². The molecule has 7 nitrogen and oxygen atoms in total. The fraction of sp³-hybridized carbons (Fsp3) is 0.467. The minimum atomic E-state index is -0.698. The summed E-state index contributed by atoms with van der Waals surface area (Å²) in [5.74, 6) is 0.262. The van der Waals surface area contributed by atoms with Crippen LogP contribution in [0.2, 0.25) is 0 Å². The Balaban J connectivity index is 0.00000192. The van der Waals surface area contributed by atoms with Gasteiger partial charge in [-0.15, -0.1) is 12.4 Å². The van der Waals surface area contributed by atoms with E-state index in [2.05, 4.69) is 0 Å². The van der Waals surface area contributed by atoms with Crippen LogP contribution >= 0.6 is 12.4 Å². The Hall–Kier alpha value is -1.83. The number of rotatable bonds is 1. The third-order valence-corrected chi connectivity index (χ3v) is 3.93. The molecule has 0 saturated carbocycles. The Morgan fingerprint density at radius 1 is 1.30 bits per heavy atom. The van der Waals surface area contributed by atoms with E-state index in [-0.39, 0.29) is 30.8 Å². The number of hydrogen-bond acceptors (Lipinski definition) is 5. The van der Waals surface area contributed by atoms with Gasteiger partial charge in [-0.05, 0) is 18.2 Å². The van der Waals surface area contributed by atoms with E-state index in [1.807, 2.05) is 0 Å². The molecule has 0 bridgehead atoms. The van der Waals surface area contributed by atoms with E-state index < -0.39 is 6.04 Å².